The second-order valence-corrected chi connectivity index (χ2v) is 5.63. The number of unbranched alkanes of at least 4 members (excludes halogenated alkanes) is 2. The lowest BCUT2D eigenvalue weighted by atomic mass is 10.2. The van der Waals surface area contributed by atoms with Crippen molar-refractivity contribution in [3.8, 4) is 0 Å². The highest BCUT2D eigenvalue weighted by Gasteiger charge is 2.20. The van der Waals surface area contributed by atoms with Crippen LogP contribution in [0, 0.1) is 5.92 Å². The summed E-state index contributed by atoms with van der Waals surface area (Å²) in [6.45, 7) is 8.76. The van der Waals surface area contributed by atoms with E-state index in [0.717, 1.165) is 32.2 Å². The molecule has 0 bridgehead atoms. The van der Waals surface area contributed by atoms with E-state index < -0.39 is 0 Å². The molecule has 0 radical (unpaired) electrons. The minimum absolute atomic E-state index is 0.894. The summed E-state index contributed by atoms with van der Waals surface area (Å²) in [6.07, 6.45) is 7.98. The molecule has 1 N–H and O–H groups in total. The first kappa shape index (κ1) is 15.9. The fourth-order valence-corrected chi connectivity index (χ4v) is 1.98. The molecule has 1 aliphatic rings. The zero-order chi connectivity index (χ0) is 13.1. The molecule has 0 heterocycles. The summed E-state index contributed by atoms with van der Waals surface area (Å²) >= 11 is 0. The molecule has 108 valence electrons. The summed E-state index contributed by atoms with van der Waals surface area (Å²) < 4.78 is 5.65. The van der Waals surface area contributed by atoms with Crippen molar-refractivity contribution in [3.63, 3.8) is 0 Å². The zero-order valence-electron chi connectivity index (χ0n) is 12.4. The molecule has 1 fully saturated rings. The first-order chi connectivity index (χ1) is 8.83. The van der Waals surface area contributed by atoms with Gasteiger partial charge < -0.3 is 15.0 Å². The molecule has 1 rings (SSSR count). The van der Waals surface area contributed by atoms with Crippen molar-refractivity contribution < 1.29 is 4.74 Å². The van der Waals surface area contributed by atoms with Gasteiger partial charge in [-0.15, -0.1) is 0 Å². The van der Waals surface area contributed by atoms with Crippen LogP contribution >= 0.6 is 0 Å². The van der Waals surface area contributed by atoms with Crippen molar-refractivity contribution in [2.24, 2.45) is 5.92 Å². The van der Waals surface area contributed by atoms with Crippen LogP contribution in [0.5, 0.6) is 0 Å². The van der Waals surface area contributed by atoms with Gasteiger partial charge in [0.2, 0.25) is 0 Å². The minimum atomic E-state index is 0.894. The van der Waals surface area contributed by atoms with Gasteiger partial charge in [-0.25, -0.2) is 0 Å². The maximum atomic E-state index is 5.65. The number of hydrogen-bond acceptors (Lipinski definition) is 3. The van der Waals surface area contributed by atoms with Crippen molar-refractivity contribution in [2.75, 3.05) is 46.4 Å². The van der Waals surface area contributed by atoms with E-state index in [0.29, 0.717) is 0 Å². The largest absolute Gasteiger partial charge is 0.380 e. The molecule has 0 unspecified atom stereocenters. The molecule has 0 atom stereocenters. The molecule has 3 nitrogen and oxygen atoms in total. The third kappa shape index (κ3) is 9.86. The predicted molar refractivity (Wildman–Crippen MR) is 78.1 cm³/mol. The lowest BCUT2D eigenvalue weighted by Gasteiger charge is -2.16. The van der Waals surface area contributed by atoms with Crippen molar-refractivity contribution in [1.29, 1.82) is 0 Å². The van der Waals surface area contributed by atoms with E-state index >= 15 is 0 Å². The number of nitrogens with zero attached hydrogens (tertiary/aromatic N) is 1. The molecule has 0 aromatic rings. The maximum absolute atomic E-state index is 5.65. The summed E-state index contributed by atoms with van der Waals surface area (Å²) in [5, 5.41) is 3.45. The molecule has 0 aromatic carbocycles. The average Bonchev–Trinajstić information content (AvgIpc) is 3.18. The van der Waals surface area contributed by atoms with Gasteiger partial charge in [0, 0.05) is 13.2 Å². The van der Waals surface area contributed by atoms with Crippen LogP contribution in [0.3, 0.4) is 0 Å². The molecule has 0 aromatic heterocycles. The second kappa shape index (κ2) is 10.8. The maximum Gasteiger partial charge on any atom is 0.0593 e. The summed E-state index contributed by atoms with van der Waals surface area (Å²) in [4.78, 5) is 2.40. The van der Waals surface area contributed by atoms with Crippen molar-refractivity contribution in [1.82, 2.24) is 10.2 Å². The number of rotatable bonds is 13. The Balaban J connectivity index is 1.73. The fourth-order valence-electron chi connectivity index (χ4n) is 1.98. The average molecular weight is 256 g/mol. The Morgan fingerprint density at radius 2 is 1.94 bits per heavy atom. The standard InChI is InChI=1S/C15H32N2O/c1-3-9-16-10-5-4-6-11-17(2)12-13-18-14-15-7-8-15/h15-16H,3-14H2,1-2H3. The molecule has 1 aliphatic carbocycles. The molecule has 1 saturated carbocycles. The monoisotopic (exact) mass is 256 g/mol. The van der Waals surface area contributed by atoms with Gasteiger partial charge >= 0.3 is 0 Å². The van der Waals surface area contributed by atoms with E-state index in [-0.39, 0.29) is 0 Å². The molecule has 0 aliphatic heterocycles. The quantitative estimate of drug-likeness (QED) is 0.513. The van der Waals surface area contributed by atoms with Crippen LogP contribution < -0.4 is 5.32 Å². The van der Waals surface area contributed by atoms with E-state index in [2.05, 4.69) is 24.2 Å². The van der Waals surface area contributed by atoms with Crippen molar-refractivity contribution in [3.05, 3.63) is 0 Å². The topological polar surface area (TPSA) is 24.5 Å². The zero-order valence-corrected chi connectivity index (χ0v) is 12.4. The van der Waals surface area contributed by atoms with Crippen molar-refractivity contribution in [2.45, 2.75) is 45.4 Å². The molecular weight excluding hydrogens is 224 g/mol. The van der Waals surface area contributed by atoms with Gasteiger partial charge in [-0.2, -0.15) is 0 Å². The highest BCUT2D eigenvalue weighted by molar-refractivity contribution is 4.71. The highest BCUT2D eigenvalue weighted by atomic mass is 16.5. The van der Waals surface area contributed by atoms with Gasteiger partial charge in [0.1, 0.15) is 0 Å². The normalized spacial score (nSPS) is 15.5. The number of nitrogens with one attached hydrogen (secondary N) is 1. The third-order valence-corrected chi connectivity index (χ3v) is 3.49. The van der Waals surface area contributed by atoms with Gasteiger partial charge in [-0.05, 0) is 64.7 Å². The molecule has 0 amide bonds. The van der Waals surface area contributed by atoms with Crippen LogP contribution in [-0.4, -0.2) is 51.3 Å². The van der Waals surface area contributed by atoms with E-state index in [4.69, 9.17) is 4.74 Å². The third-order valence-electron chi connectivity index (χ3n) is 3.49. The van der Waals surface area contributed by atoms with Gasteiger partial charge in [0.05, 0.1) is 6.61 Å². The number of hydrogen-bond donors (Lipinski definition) is 1. The van der Waals surface area contributed by atoms with Crippen LogP contribution in [-0.2, 0) is 4.74 Å². The van der Waals surface area contributed by atoms with Crippen LogP contribution in [0.15, 0.2) is 0 Å². The predicted octanol–water partition coefficient (Wildman–Crippen LogP) is 2.51. The Labute approximate surface area is 113 Å². The second-order valence-electron chi connectivity index (χ2n) is 5.63. The fraction of sp³-hybridized carbons (Fsp3) is 1.00. The lowest BCUT2D eigenvalue weighted by Crippen LogP contribution is -2.25. The van der Waals surface area contributed by atoms with Gasteiger partial charge in [-0.3, -0.25) is 0 Å². The first-order valence-corrected chi connectivity index (χ1v) is 7.80. The number of ether oxygens (including phenoxy) is 1. The minimum Gasteiger partial charge on any atom is -0.380 e. The molecule has 18 heavy (non-hydrogen) atoms. The number of likely N-dealkylation sites (N-methyl/N-ethyl adjacent to an activating group) is 1. The van der Waals surface area contributed by atoms with Crippen LogP contribution in [0.1, 0.15) is 45.4 Å². The Morgan fingerprint density at radius 3 is 2.67 bits per heavy atom. The molecule has 0 saturated heterocycles. The Hall–Kier alpha value is -0.120. The van der Waals surface area contributed by atoms with Crippen LogP contribution in [0.4, 0.5) is 0 Å². The van der Waals surface area contributed by atoms with Crippen LogP contribution in [0.2, 0.25) is 0 Å². The van der Waals surface area contributed by atoms with E-state index in [1.807, 2.05) is 0 Å². The highest BCUT2D eigenvalue weighted by Crippen LogP contribution is 2.28. The first-order valence-electron chi connectivity index (χ1n) is 7.80. The van der Waals surface area contributed by atoms with E-state index in [1.54, 1.807) is 0 Å². The SMILES string of the molecule is CCCNCCCCCN(C)CCOCC1CC1. The van der Waals surface area contributed by atoms with Crippen LogP contribution in [0.25, 0.3) is 0 Å². The lowest BCUT2D eigenvalue weighted by molar-refractivity contribution is 0.103. The van der Waals surface area contributed by atoms with Gasteiger partial charge in [-0.1, -0.05) is 13.3 Å². The Morgan fingerprint density at radius 1 is 1.11 bits per heavy atom. The van der Waals surface area contributed by atoms with E-state index in [1.165, 1.54) is 51.6 Å². The van der Waals surface area contributed by atoms with E-state index in [9.17, 15) is 0 Å². The van der Waals surface area contributed by atoms with Gasteiger partial charge in [0.25, 0.3) is 0 Å². The smallest absolute Gasteiger partial charge is 0.0593 e. The summed E-state index contributed by atoms with van der Waals surface area (Å²) in [7, 11) is 2.20. The van der Waals surface area contributed by atoms with Gasteiger partial charge in [0.15, 0.2) is 0 Å². The summed E-state index contributed by atoms with van der Waals surface area (Å²) in [5.41, 5.74) is 0. The summed E-state index contributed by atoms with van der Waals surface area (Å²) in [6, 6.07) is 0. The summed E-state index contributed by atoms with van der Waals surface area (Å²) in [5.74, 6) is 0.894. The molecule has 3 heteroatoms. The van der Waals surface area contributed by atoms with Crippen molar-refractivity contribution >= 4 is 0 Å². The Bertz CT molecular complexity index is 183. The molecule has 0 spiro atoms. The molecular formula is C15H32N2O. The Kier molecular flexibility index (Phi) is 9.54.